The third-order valence-electron chi connectivity index (χ3n) is 2.75. The van der Waals surface area contributed by atoms with Crippen LogP contribution in [0.1, 0.15) is 18.7 Å². The largest absolute Gasteiger partial charge is 0.383 e. The maximum absolute atomic E-state index is 5.20. The first-order valence-electron chi connectivity index (χ1n) is 6.00. The molecule has 0 aliphatic rings. The molecule has 1 aromatic rings. The molecule has 1 N–H and O–H groups in total. The van der Waals surface area contributed by atoms with Crippen molar-refractivity contribution >= 4 is 5.95 Å². The summed E-state index contributed by atoms with van der Waals surface area (Å²) < 4.78 is 7.38. The maximum Gasteiger partial charge on any atom is 0.205 e. The first-order chi connectivity index (χ1) is 8.10. The van der Waals surface area contributed by atoms with Crippen LogP contribution in [0.25, 0.3) is 0 Å². The highest BCUT2D eigenvalue weighted by molar-refractivity contribution is 5.32. The predicted molar refractivity (Wildman–Crippen MR) is 70.7 cm³/mol. The van der Waals surface area contributed by atoms with E-state index < -0.39 is 0 Å². The molecule has 0 bridgehead atoms. The van der Waals surface area contributed by atoms with Crippen LogP contribution in [0.2, 0.25) is 0 Å². The molecule has 0 saturated heterocycles. The number of aromatic nitrogens is 2. The maximum atomic E-state index is 5.20. The Bertz CT molecular complexity index is 337. The molecule has 0 radical (unpaired) electrons. The van der Waals surface area contributed by atoms with Gasteiger partial charge in [0.2, 0.25) is 5.95 Å². The van der Waals surface area contributed by atoms with Crippen molar-refractivity contribution in [2.24, 2.45) is 0 Å². The van der Waals surface area contributed by atoms with Crippen LogP contribution in [0.4, 0.5) is 5.95 Å². The number of imidazole rings is 1. The molecule has 0 aliphatic carbocycles. The number of methoxy groups -OCH3 is 1. The van der Waals surface area contributed by atoms with E-state index in [0.29, 0.717) is 12.6 Å². The molecule has 0 spiro atoms. The van der Waals surface area contributed by atoms with E-state index in [-0.39, 0.29) is 0 Å². The molecule has 17 heavy (non-hydrogen) atoms. The third-order valence-corrected chi connectivity index (χ3v) is 2.75. The van der Waals surface area contributed by atoms with E-state index in [2.05, 4.69) is 39.9 Å². The van der Waals surface area contributed by atoms with Crippen LogP contribution >= 0.6 is 0 Å². The van der Waals surface area contributed by atoms with E-state index in [4.69, 9.17) is 4.74 Å². The van der Waals surface area contributed by atoms with Crippen LogP contribution in [0, 0.1) is 6.92 Å². The number of aryl methyl sites for hydroxylation is 1. The van der Waals surface area contributed by atoms with Crippen molar-refractivity contribution in [1.29, 1.82) is 0 Å². The van der Waals surface area contributed by atoms with E-state index in [9.17, 15) is 0 Å². The molecule has 0 aliphatic heterocycles. The van der Waals surface area contributed by atoms with Crippen molar-refractivity contribution in [2.45, 2.75) is 19.9 Å². The number of likely N-dealkylation sites (N-methyl/N-ethyl adjacent to an activating group) is 2. The van der Waals surface area contributed by atoms with Gasteiger partial charge in [0, 0.05) is 33.4 Å². The minimum atomic E-state index is 0.299. The molecule has 0 aromatic carbocycles. The summed E-state index contributed by atoms with van der Waals surface area (Å²) in [5, 5.41) is 3.15. The molecule has 0 fully saturated rings. The molecule has 5 heteroatoms. The van der Waals surface area contributed by atoms with Crippen LogP contribution in [0.15, 0.2) is 6.20 Å². The third kappa shape index (κ3) is 3.71. The molecule has 0 amide bonds. The number of hydrogen-bond acceptors (Lipinski definition) is 4. The van der Waals surface area contributed by atoms with Gasteiger partial charge in [0.25, 0.3) is 0 Å². The fourth-order valence-corrected chi connectivity index (χ4v) is 1.81. The first kappa shape index (κ1) is 14.0. The Hall–Kier alpha value is -1.07. The lowest BCUT2D eigenvalue weighted by molar-refractivity contribution is 0.162. The molecule has 5 nitrogen and oxygen atoms in total. The number of ether oxygens (including phenoxy) is 1. The van der Waals surface area contributed by atoms with E-state index in [1.807, 2.05) is 14.0 Å². The summed E-state index contributed by atoms with van der Waals surface area (Å²) in [4.78, 5) is 6.73. The molecular formula is C12H24N4O. The lowest BCUT2D eigenvalue weighted by Gasteiger charge is -2.22. The monoisotopic (exact) mass is 240 g/mol. The zero-order valence-electron chi connectivity index (χ0n) is 11.5. The van der Waals surface area contributed by atoms with Crippen LogP contribution in [-0.4, -0.2) is 50.5 Å². The van der Waals surface area contributed by atoms with E-state index in [1.165, 1.54) is 0 Å². The minimum absolute atomic E-state index is 0.299. The minimum Gasteiger partial charge on any atom is -0.383 e. The fraction of sp³-hybridized carbons (Fsp3) is 0.750. The second-order valence-corrected chi connectivity index (χ2v) is 4.42. The average Bonchev–Trinajstić information content (AvgIpc) is 2.68. The Labute approximate surface area is 104 Å². The number of nitrogens with zero attached hydrogens (tertiary/aromatic N) is 3. The molecule has 0 saturated carbocycles. The normalized spacial score (nSPS) is 12.8. The van der Waals surface area contributed by atoms with Crippen molar-refractivity contribution in [3.05, 3.63) is 11.9 Å². The molecule has 1 heterocycles. The Kier molecular flexibility index (Phi) is 5.44. The number of nitrogens with one attached hydrogen (secondary N) is 1. The zero-order valence-corrected chi connectivity index (χ0v) is 11.5. The van der Waals surface area contributed by atoms with Crippen molar-refractivity contribution in [3.8, 4) is 0 Å². The highest BCUT2D eigenvalue weighted by atomic mass is 16.5. The summed E-state index contributed by atoms with van der Waals surface area (Å²) in [5.41, 5.74) is 1.04. The smallest absolute Gasteiger partial charge is 0.205 e. The van der Waals surface area contributed by atoms with Gasteiger partial charge in [0.1, 0.15) is 0 Å². The van der Waals surface area contributed by atoms with Gasteiger partial charge in [-0.2, -0.15) is 0 Å². The Morgan fingerprint density at radius 2 is 2.29 bits per heavy atom. The lowest BCUT2D eigenvalue weighted by Crippen LogP contribution is -2.30. The van der Waals surface area contributed by atoms with Crippen molar-refractivity contribution in [2.75, 3.05) is 45.8 Å². The fourth-order valence-electron chi connectivity index (χ4n) is 1.81. The summed E-state index contributed by atoms with van der Waals surface area (Å²) >= 11 is 0. The number of anilines is 1. The van der Waals surface area contributed by atoms with Gasteiger partial charge in [-0.3, -0.25) is 0 Å². The number of hydrogen-bond donors (Lipinski definition) is 1. The number of rotatable bonds is 7. The second-order valence-electron chi connectivity index (χ2n) is 4.42. The highest BCUT2D eigenvalue weighted by Gasteiger charge is 2.14. The Morgan fingerprint density at radius 3 is 2.88 bits per heavy atom. The molecule has 1 atom stereocenters. The van der Waals surface area contributed by atoms with Crippen LogP contribution in [-0.2, 0) is 4.74 Å². The summed E-state index contributed by atoms with van der Waals surface area (Å²) in [6.45, 7) is 6.74. The summed E-state index contributed by atoms with van der Waals surface area (Å²) in [5.74, 6) is 1.00. The summed E-state index contributed by atoms with van der Waals surface area (Å²) in [6, 6.07) is 0.299. The van der Waals surface area contributed by atoms with Gasteiger partial charge in [0.05, 0.1) is 18.3 Å². The highest BCUT2D eigenvalue weighted by Crippen LogP contribution is 2.18. The van der Waals surface area contributed by atoms with Crippen molar-refractivity contribution < 1.29 is 4.74 Å². The molecular weight excluding hydrogens is 216 g/mol. The molecule has 98 valence electrons. The summed E-state index contributed by atoms with van der Waals surface area (Å²) in [6.07, 6.45) is 2.08. The quantitative estimate of drug-likeness (QED) is 0.774. The van der Waals surface area contributed by atoms with Crippen LogP contribution < -0.4 is 10.2 Å². The Balaban J connectivity index is 2.82. The lowest BCUT2D eigenvalue weighted by atomic mass is 10.3. The van der Waals surface area contributed by atoms with Crippen LogP contribution in [0.5, 0.6) is 0 Å². The van der Waals surface area contributed by atoms with E-state index >= 15 is 0 Å². The first-order valence-corrected chi connectivity index (χ1v) is 6.00. The van der Waals surface area contributed by atoms with Gasteiger partial charge < -0.3 is 19.5 Å². The Morgan fingerprint density at radius 1 is 1.59 bits per heavy atom. The van der Waals surface area contributed by atoms with Gasteiger partial charge in [0.15, 0.2) is 0 Å². The van der Waals surface area contributed by atoms with E-state index in [1.54, 1.807) is 7.11 Å². The predicted octanol–water partition coefficient (Wildman–Crippen LogP) is 1.05. The summed E-state index contributed by atoms with van der Waals surface area (Å²) in [7, 11) is 5.75. The van der Waals surface area contributed by atoms with Crippen LogP contribution in [0.3, 0.4) is 0 Å². The molecule has 1 unspecified atom stereocenters. The zero-order chi connectivity index (χ0) is 12.8. The SMILES string of the molecule is CNCCN(C)c1nc(C)cn1C(C)COC. The van der Waals surface area contributed by atoms with Crippen molar-refractivity contribution in [1.82, 2.24) is 14.9 Å². The van der Waals surface area contributed by atoms with Gasteiger partial charge in [-0.15, -0.1) is 0 Å². The second kappa shape index (κ2) is 6.61. The average molecular weight is 240 g/mol. The van der Waals surface area contributed by atoms with Gasteiger partial charge in [-0.1, -0.05) is 0 Å². The van der Waals surface area contributed by atoms with Gasteiger partial charge >= 0.3 is 0 Å². The molecule has 1 rings (SSSR count). The molecule has 1 aromatic heterocycles. The van der Waals surface area contributed by atoms with Gasteiger partial charge in [-0.05, 0) is 20.9 Å². The topological polar surface area (TPSA) is 42.3 Å². The van der Waals surface area contributed by atoms with E-state index in [0.717, 1.165) is 24.7 Å². The van der Waals surface area contributed by atoms with Gasteiger partial charge in [-0.25, -0.2) is 4.98 Å². The standard InChI is InChI=1S/C12H24N4O/c1-10-8-16(11(2)9-17-5)12(14-10)15(4)7-6-13-3/h8,11,13H,6-7,9H2,1-5H3. The van der Waals surface area contributed by atoms with Crippen molar-refractivity contribution in [3.63, 3.8) is 0 Å².